The molecule has 4 N–H and O–H groups in total. The fourth-order valence-electron chi connectivity index (χ4n) is 3.47. The molecule has 150 valence electrons. The van der Waals surface area contributed by atoms with Crippen molar-refractivity contribution in [1.29, 1.82) is 0 Å². The topological polar surface area (TPSA) is 135 Å². The van der Waals surface area contributed by atoms with Crippen LogP contribution in [0, 0.1) is 5.92 Å². The van der Waals surface area contributed by atoms with Crippen molar-refractivity contribution in [2.45, 2.75) is 50.7 Å². The molecule has 2 aliphatic heterocycles. The molecule has 0 saturated carbocycles. The van der Waals surface area contributed by atoms with Gasteiger partial charge in [-0.1, -0.05) is 0 Å². The fourth-order valence-corrected chi connectivity index (χ4v) is 3.47. The largest absolute Gasteiger partial charge is 0.508 e. The zero-order chi connectivity index (χ0) is 19.9. The molecule has 0 radical (unpaired) electrons. The van der Waals surface area contributed by atoms with Gasteiger partial charge in [-0.15, -0.1) is 0 Å². The molecule has 0 aromatic heterocycles. The number of ketones is 1. The third kappa shape index (κ3) is 3.48. The number of rotatable bonds is 4. The van der Waals surface area contributed by atoms with Crippen molar-refractivity contribution in [2.24, 2.45) is 5.92 Å². The highest BCUT2D eigenvalue weighted by atomic mass is 16.7. The third-order valence-corrected chi connectivity index (χ3v) is 5.00. The van der Waals surface area contributed by atoms with E-state index in [2.05, 4.69) is 0 Å². The van der Waals surface area contributed by atoms with E-state index in [0.717, 1.165) is 0 Å². The maximum Gasteiger partial charge on any atom is 0.229 e. The van der Waals surface area contributed by atoms with Gasteiger partial charge in [0.1, 0.15) is 35.9 Å². The normalized spacial score (nSPS) is 39.3. The van der Waals surface area contributed by atoms with E-state index in [-0.39, 0.29) is 17.3 Å². The van der Waals surface area contributed by atoms with Gasteiger partial charge in [0.15, 0.2) is 11.9 Å². The van der Waals surface area contributed by atoms with Crippen molar-refractivity contribution in [3.8, 4) is 0 Å². The van der Waals surface area contributed by atoms with Crippen molar-refractivity contribution in [2.75, 3.05) is 13.7 Å². The summed E-state index contributed by atoms with van der Waals surface area (Å²) in [7, 11) is 1.33. The Morgan fingerprint density at radius 3 is 2.56 bits per heavy atom. The molecular formula is C18H24O9. The van der Waals surface area contributed by atoms with Crippen LogP contribution in [0.2, 0.25) is 0 Å². The van der Waals surface area contributed by atoms with Crippen LogP contribution in [-0.2, 0) is 23.7 Å². The standard InChI is InChI=1S/C18H24O9/c1-7-4-10(20)9-5-11(8(2)13(21)16(9)25-7)26-18-15(23)14(22)17(24-3)12(6-19)27-18/h4-5,9,12,14-19,21-23H,6H2,1-3H3/t9?,12-,14-,15-,16?,17-,18-/m1/s1. The summed E-state index contributed by atoms with van der Waals surface area (Å²) in [5, 5.41) is 40.4. The maximum absolute atomic E-state index is 12.3. The number of allylic oxidation sites excluding steroid dienone is 3. The van der Waals surface area contributed by atoms with E-state index in [4.69, 9.17) is 18.9 Å². The Bertz CT molecular complexity index is 693. The average molecular weight is 384 g/mol. The molecule has 3 aliphatic rings. The second-order valence-corrected chi connectivity index (χ2v) is 6.79. The molecule has 0 aromatic rings. The molecule has 1 fully saturated rings. The number of aliphatic hydroxyl groups excluding tert-OH is 4. The number of fused-ring (bicyclic) bond motifs is 1. The van der Waals surface area contributed by atoms with E-state index in [9.17, 15) is 25.2 Å². The molecule has 2 heterocycles. The van der Waals surface area contributed by atoms with Gasteiger partial charge in [0.05, 0.1) is 18.3 Å². The predicted octanol–water partition coefficient (Wildman–Crippen LogP) is -0.326. The van der Waals surface area contributed by atoms with Crippen LogP contribution in [0.3, 0.4) is 0 Å². The van der Waals surface area contributed by atoms with Crippen molar-refractivity contribution < 1.29 is 44.2 Å². The SMILES string of the molecule is CO[C@H]1[C@H](O)[C@@H](O)[C@H](OC2=CC3C(=O)C=C(C)OC3C(O)=C2C)O[C@@H]1CO. The zero-order valence-corrected chi connectivity index (χ0v) is 15.2. The smallest absolute Gasteiger partial charge is 0.229 e. The van der Waals surface area contributed by atoms with Gasteiger partial charge in [-0.05, 0) is 19.9 Å². The first kappa shape index (κ1) is 19.8. The molecule has 27 heavy (non-hydrogen) atoms. The summed E-state index contributed by atoms with van der Waals surface area (Å²) in [5.74, 6) is -0.649. The summed E-state index contributed by atoms with van der Waals surface area (Å²) in [6.07, 6.45) is -4.00. The molecule has 9 nitrogen and oxygen atoms in total. The summed E-state index contributed by atoms with van der Waals surface area (Å²) >= 11 is 0. The third-order valence-electron chi connectivity index (χ3n) is 5.00. The lowest BCUT2D eigenvalue weighted by molar-refractivity contribution is -0.294. The van der Waals surface area contributed by atoms with Crippen LogP contribution in [0.4, 0.5) is 0 Å². The Morgan fingerprint density at radius 2 is 1.93 bits per heavy atom. The van der Waals surface area contributed by atoms with Crippen LogP contribution in [-0.4, -0.2) is 76.7 Å². The monoisotopic (exact) mass is 384 g/mol. The van der Waals surface area contributed by atoms with Crippen LogP contribution >= 0.6 is 0 Å². The van der Waals surface area contributed by atoms with Crippen molar-refractivity contribution in [3.05, 3.63) is 35.0 Å². The first-order valence-electron chi connectivity index (χ1n) is 8.61. The molecule has 1 saturated heterocycles. The molecule has 0 aromatic carbocycles. The van der Waals surface area contributed by atoms with E-state index in [1.807, 2.05) is 0 Å². The van der Waals surface area contributed by atoms with Crippen molar-refractivity contribution in [3.63, 3.8) is 0 Å². The number of aliphatic hydroxyl groups is 4. The predicted molar refractivity (Wildman–Crippen MR) is 90.2 cm³/mol. The molecule has 9 heteroatoms. The van der Waals surface area contributed by atoms with Crippen LogP contribution in [0.25, 0.3) is 0 Å². The molecule has 2 unspecified atom stereocenters. The van der Waals surface area contributed by atoms with E-state index >= 15 is 0 Å². The van der Waals surface area contributed by atoms with Crippen molar-refractivity contribution in [1.82, 2.24) is 0 Å². The molecule has 3 rings (SSSR count). The Morgan fingerprint density at radius 1 is 1.22 bits per heavy atom. The van der Waals surface area contributed by atoms with Gasteiger partial charge in [-0.2, -0.15) is 0 Å². The average Bonchev–Trinajstić information content (AvgIpc) is 2.63. The molecule has 7 atom stereocenters. The van der Waals surface area contributed by atoms with E-state index in [1.54, 1.807) is 13.8 Å². The molecule has 0 amide bonds. The van der Waals surface area contributed by atoms with Crippen LogP contribution in [0.1, 0.15) is 13.8 Å². The van der Waals surface area contributed by atoms with Crippen LogP contribution < -0.4 is 0 Å². The molecule has 1 aliphatic carbocycles. The van der Waals surface area contributed by atoms with Gasteiger partial charge < -0.3 is 39.4 Å². The van der Waals surface area contributed by atoms with Gasteiger partial charge in [0.2, 0.25) is 6.29 Å². The van der Waals surface area contributed by atoms with Gasteiger partial charge in [-0.25, -0.2) is 0 Å². The van der Waals surface area contributed by atoms with E-state index in [1.165, 1.54) is 19.3 Å². The fraction of sp³-hybridized carbons (Fsp3) is 0.611. The lowest BCUT2D eigenvalue weighted by Crippen LogP contribution is -2.59. The van der Waals surface area contributed by atoms with Crippen LogP contribution in [0.5, 0.6) is 0 Å². The van der Waals surface area contributed by atoms with Gasteiger partial charge in [0, 0.05) is 18.8 Å². The Kier molecular flexibility index (Phi) is 5.59. The van der Waals surface area contributed by atoms with Gasteiger partial charge >= 0.3 is 0 Å². The van der Waals surface area contributed by atoms with Gasteiger partial charge in [-0.3, -0.25) is 4.79 Å². The molecular weight excluding hydrogens is 360 g/mol. The number of methoxy groups -OCH3 is 1. The lowest BCUT2D eigenvalue weighted by atomic mass is 9.86. The number of carbonyl (C=O) groups excluding carboxylic acids is 1. The quantitative estimate of drug-likeness (QED) is 0.514. The minimum atomic E-state index is -1.47. The summed E-state index contributed by atoms with van der Waals surface area (Å²) in [4.78, 5) is 12.3. The number of hydrogen-bond donors (Lipinski definition) is 4. The Labute approximate surface area is 156 Å². The highest BCUT2D eigenvalue weighted by Crippen LogP contribution is 2.36. The minimum absolute atomic E-state index is 0.127. The summed E-state index contributed by atoms with van der Waals surface area (Å²) in [6.45, 7) is 2.75. The summed E-state index contributed by atoms with van der Waals surface area (Å²) < 4.78 is 21.8. The highest BCUT2D eigenvalue weighted by molar-refractivity contribution is 5.95. The number of hydrogen-bond acceptors (Lipinski definition) is 9. The highest BCUT2D eigenvalue weighted by Gasteiger charge is 2.47. The lowest BCUT2D eigenvalue weighted by Gasteiger charge is -2.42. The maximum atomic E-state index is 12.3. The summed E-state index contributed by atoms with van der Waals surface area (Å²) in [6, 6.07) is 0. The molecule has 0 bridgehead atoms. The number of ether oxygens (including phenoxy) is 4. The zero-order valence-electron chi connectivity index (χ0n) is 15.2. The first-order valence-corrected chi connectivity index (χ1v) is 8.61. The van der Waals surface area contributed by atoms with Crippen molar-refractivity contribution >= 4 is 5.78 Å². The second-order valence-electron chi connectivity index (χ2n) is 6.79. The first-order chi connectivity index (χ1) is 12.8. The Hall–Kier alpha value is -1.91. The van der Waals surface area contributed by atoms with E-state index < -0.39 is 49.3 Å². The van der Waals surface area contributed by atoms with Crippen LogP contribution in [0.15, 0.2) is 35.0 Å². The second kappa shape index (κ2) is 7.61. The van der Waals surface area contributed by atoms with E-state index in [0.29, 0.717) is 11.3 Å². The van der Waals surface area contributed by atoms with Gasteiger partial charge in [0.25, 0.3) is 0 Å². The Balaban J connectivity index is 1.84. The minimum Gasteiger partial charge on any atom is -0.508 e. The molecule has 0 spiro atoms. The number of carbonyl (C=O) groups is 1. The summed E-state index contributed by atoms with van der Waals surface area (Å²) in [5.41, 5.74) is 0.318.